The third-order valence-electron chi connectivity index (χ3n) is 3.60. The number of nitrogens with two attached hydrogens (primary N) is 1. The van der Waals surface area contributed by atoms with Crippen molar-refractivity contribution in [1.29, 1.82) is 0 Å². The first-order chi connectivity index (χ1) is 9.72. The van der Waals surface area contributed by atoms with E-state index in [-0.39, 0.29) is 6.04 Å². The van der Waals surface area contributed by atoms with Gasteiger partial charge in [0.1, 0.15) is 5.75 Å². The molecule has 2 nitrogen and oxygen atoms in total. The maximum atomic E-state index is 6.08. The summed E-state index contributed by atoms with van der Waals surface area (Å²) in [6, 6.07) is 17.1. The van der Waals surface area contributed by atoms with Gasteiger partial charge in [-0.2, -0.15) is 0 Å². The summed E-state index contributed by atoms with van der Waals surface area (Å²) in [5.74, 6) is 0.936. The predicted molar refractivity (Wildman–Crippen MR) is 84.2 cm³/mol. The van der Waals surface area contributed by atoms with E-state index in [1.165, 1.54) is 16.7 Å². The number of benzene rings is 2. The van der Waals surface area contributed by atoms with Gasteiger partial charge in [0, 0.05) is 6.04 Å². The molecule has 0 aliphatic rings. The lowest BCUT2D eigenvalue weighted by atomic mass is 9.98. The zero-order valence-electron chi connectivity index (χ0n) is 12.3. The largest absolute Gasteiger partial charge is 0.496 e. The monoisotopic (exact) mass is 269 g/mol. The first-order valence-electron chi connectivity index (χ1n) is 7.18. The molecule has 0 amide bonds. The number of rotatable bonds is 6. The third kappa shape index (κ3) is 3.84. The van der Waals surface area contributed by atoms with Gasteiger partial charge < -0.3 is 10.5 Å². The van der Waals surface area contributed by atoms with Crippen molar-refractivity contribution < 1.29 is 4.74 Å². The maximum absolute atomic E-state index is 6.08. The highest BCUT2D eigenvalue weighted by molar-refractivity contribution is 5.39. The van der Waals surface area contributed by atoms with Gasteiger partial charge in [0.25, 0.3) is 0 Å². The van der Waals surface area contributed by atoms with Crippen LogP contribution in [0.1, 0.15) is 30.0 Å². The van der Waals surface area contributed by atoms with Crippen molar-refractivity contribution >= 4 is 0 Å². The summed E-state index contributed by atoms with van der Waals surface area (Å²) < 4.78 is 5.44. The van der Waals surface area contributed by atoms with Gasteiger partial charge in [0.2, 0.25) is 0 Å². The Kier molecular flexibility index (Phi) is 5.19. The number of hydrogen-bond donors (Lipinski definition) is 1. The molecule has 0 saturated heterocycles. The molecule has 2 aromatic carbocycles. The highest BCUT2D eigenvalue weighted by Gasteiger charge is 2.09. The van der Waals surface area contributed by atoms with Crippen molar-refractivity contribution in [3.8, 4) is 5.75 Å². The van der Waals surface area contributed by atoms with Gasteiger partial charge in [0.05, 0.1) is 7.11 Å². The number of ether oxygens (including phenoxy) is 1. The van der Waals surface area contributed by atoms with Crippen LogP contribution < -0.4 is 10.5 Å². The minimum Gasteiger partial charge on any atom is -0.496 e. The minimum atomic E-state index is 0.191. The van der Waals surface area contributed by atoms with Crippen LogP contribution in [0.25, 0.3) is 0 Å². The molecule has 0 aromatic heterocycles. The van der Waals surface area contributed by atoms with E-state index < -0.39 is 0 Å². The first kappa shape index (κ1) is 14.6. The molecule has 1 unspecified atom stereocenters. The molecule has 2 aromatic rings. The lowest BCUT2D eigenvalue weighted by Crippen LogP contribution is -2.21. The van der Waals surface area contributed by atoms with Crippen LogP contribution in [0.3, 0.4) is 0 Å². The predicted octanol–water partition coefficient (Wildman–Crippen LogP) is 3.57. The lowest BCUT2D eigenvalue weighted by molar-refractivity contribution is 0.407. The van der Waals surface area contributed by atoms with Crippen LogP contribution >= 0.6 is 0 Å². The second kappa shape index (κ2) is 7.11. The van der Waals surface area contributed by atoms with E-state index in [0.717, 1.165) is 25.0 Å². The van der Waals surface area contributed by atoms with Crippen LogP contribution in [0, 0.1) is 0 Å². The average molecular weight is 269 g/mol. The van der Waals surface area contributed by atoms with E-state index in [0.29, 0.717) is 0 Å². The Bertz CT molecular complexity index is 536. The molecule has 0 spiro atoms. The minimum absolute atomic E-state index is 0.191. The van der Waals surface area contributed by atoms with Gasteiger partial charge >= 0.3 is 0 Å². The Morgan fingerprint density at radius 1 is 1.05 bits per heavy atom. The molecule has 106 valence electrons. The summed E-state index contributed by atoms with van der Waals surface area (Å²) >= 11 is 0. The third-order valence-corrected chi connectivity index (χ3v) is 3.60. The van der Waals surface area contributed by atoms with Gasteiger partial charge in [0.15, 0.2) is 0 Å². The summed E-state index contributed by atoms with van der Waals surface area (Å²) in [5.41, 5.74) is 9.90. The van der Waals surface area contributed by atoms with Crippen molar-refractivity contribution in [2.24, 2.45) is 5.73 Å². The van der Waals surface area contributed by atoms with Crippen molar-refractivity contribution in [3.63, 3.8) is 0 Å². The van der Waals surface area contributed by atoms with Crippen LogP contribution in [0.15, 0.2) is 48.5 Å². The van der Waals surface area contributed by atoms with E-state index in [4.69, 9.17) is 10.5 Å². The highest BCUT2D eigenvalue weighted by atomic mass is 16.5. The molecule has 0 bridgehead atoms. The van der Waals surface area contributed by atoms with E-state index in [1.54, 1.807) is 7.11 Å². The highest BCUT2D eigenvalue weighted by Crippen LogP contribution is 2.23. The van der Waals surface area contributed by atoms with Crippen molar-refractivity contribution in [2.45, 2.75) is 32.2 Å². The smallest absolute Gasteiger partial charge is 0.122 e. The van der Waals surface area contributed by atoms with E-state index >= 15 is 0 Å². The Hall–Kier alpha value is -1.80. The standard InChI is InChI=1S/C18H23NO/c1-3-17(19)13-16-12-15(9-10-18(16)20-2)11-14-7-5-4-6-8-14/h4-10,12,17H,3,11,13,19H2,1-2H3. The summed E-state index contributed by atoms with van der Waals surface area (Å²) in [4.78, 5) is 0. The Morgan fingerprint density at radius 2 is 1.80 bits per heavy atom. The molecular formula is C18H23NO. The molecule has 0 heterocycles. The zero-order valence-corrected chi connectivity index (χ0v) is 12.3. The van der Waals surface area contributed by atoms with Gasteiger partial charge in [-0.15, -0.1) is 0 Å². The summed E-state index contributed by atoms with van der Waals surface area (Å²) in [5, 5.41) is 0. The van der Waals surface area contributed by atoms with Crippen LogP contribution in [0.4, 0.5) is 0 Å². The molecule has 0 radical (unpaired) electrons. The molecule has 0 fully saturated rings. The molecule has 2 N–H and O–H groups in total. The molecule has 0 saturated carbocycles. The fourth-order valence-corrected chi connectivity index (χ4v) is 2.36. The topological polar surface area (TPSA) is 35.2 Å². The van der Waals surface area contributed by atoms with Gasteiger partial charge in [-0.25, -0.2) is 0 Å². The maximum Gasteiger partial charge on any atom is 0.122 e. The second-order valence-corrected chi connectivity index (χ2v) is 5.18. The van der Waals surface area contributed by atoms with Crippen molar-refractivity contribution in [2.75, 3.05) is 7.11 Å². The SMILES string of the molecule is CCC(N)Cc1cc(Cc2ccccc2)ccc1OC. The van der Waals surface area contributed by atoms with Crippen LogP contribution in [0.2, 0.25) is 0 Å². The average Bonchev–Trinajstić information content (AvgIpc) is 2.48. The molecule has 2 rings (SSSR count). The fourth-order valence-electron chi connectivity index (χ4n) is 2.36. The van der Waals surface area contributed by atoms with Gasteiger partial charge in [-0.1, -0.05) is 49.4 Å². The summed E-state index contributed by atoms with van der Waals surface area (Å²) in [6.45, 7) is 2.12. The molecule has 0 aliphatic carbocycles. The quantitative estimate of drug-likeness (QED) is 0.870. The van der Waals surface area contributed by atoms with Crippen LogP contribution in [-0.2, 0) is 12.8 Å². The molecule has 0 aliphatic heterocycles. The van der Waals surface area contributed by atoms with Crippen LogP contribution in [-0.4, -0.2) is 13.2 Å². The Balaban J connectivity index is 2.20. The molecule has 20 heavy (non-hydrogen) atoms. The number of methoxy groups -OCH3 is 1. The van der Waals surface area contributed by atoms with Crippen molar-refractivity contribution in [3.05, 3.63) is 65.2 Å². The number of hydrogen-bond acceptors (Lipinski definition) is 2. The normalized spacial score (nSPS) is 12.2. The first-order valence-corrected chi connectivity index (χ1v) is 7.18. The fraction of sp³-hybridized carbons (Fsp3) is 0.333. The van der Waals surface area contributed by atoms with Gasteiger partial charge in [-0.3, -0.25) is 0 Å². The summed E-state index contributed by atoms with van der Waals surface area (Å²) in [7, 11) is 1.72. The molecular weight excluding hydrogens is 246 g/mol. The Labute approximate surface area is 121 Å². The van der Waals surface area contributed by atoms with E-state index in [9.17, 15) is 0 Å². The zero-order chi connectivity index (χ0) is 14.4. The van der Waals surface area contributed by atoms with E-state index in [1.807, 2.05) is 6.07 Å². The van der Waals surface area contributed by atoms with Crippen LogP contribution in [0.5, 0.6) is 5.75 Å². The Morgan fingerprint density at radius 3 is 2.45 bits per heavy atom. The summed E-state index contributed by atoms with van der Waals surface area (Å²) in [6.07, 6.45) is 2.79. The van der Waals surface area contributed by atoms with Crippen molar-refractivity contribution in [1.82, 2.24) is 0 Å². The molecule has 2 heteroatoms. The lowest BCUT2D eigenvalue weighted by Gasteiger charge is -2.14. The van der Waals surface area contributed by atoms with E-state index in [2.05, 4.69) is 49.4 Å². The molecule has 1 atom stereocenters. The second-order valence-electron chi connectivity index (χ2n) is 5.18. The van der Waals surface area contributed by atoms with Gasteiger partial charge in [-0.05, 0) is 42.0 Å².